The Bertz CT molecular complexity index is 644. The molecule has 2 rings (SSSR count). The maximum Gasteiger partial charge on any atom is 0.416 e. The Balaban J connectivity index is 2.20. The lowest BCUT2D eigenvalue weighted by atomic mass is 10.1. The van der Waals surface area contributed by atoms with E-state index in [2.05, 4.69) is 9.82 Å². The van der Waals surface area contributed by atoms with E-state index in [1.54, 1.807) is 13.0 Å². The molecule has 2 aromatic rings. The number of alkyl halides is 3. The topological polar surface area (TPSA) is 65.8 Å². The quantitative estimate of drug-likeness (QED) is 0.817. The number of rotatable bonds is 5. The van der Waals surface area contributed by atoms with Gasteiger partial charge in [-0.15, -0.1) is 11.3 Å². The maximum atomic E-state index is 12.7. The van der Waals surface area contributed by atoms with Gasteiger partial charge >= 0.3 is 6.18 Å². The van der Waals surface area contributed by atoms with Crippen LogP contribution in [-0.2, 0) is 17.4 Å². The van der Waals surface area contributed by atoms with Crippen LogP contribution < -0.4 is 0 Å². The molecule has 1 aromatic heterocycles. The third-order valence-corrected chi connectivity index (χ3v) is 4.13. The largest absolute Gasteiger partial charge is 0.416 e. The van der Waals surface area contributed by atoms with Gasteiger partial charge in [-0.05, 0) is 19.1 Å². The van der Waals surface area contributed by atoms with Gasteiger partial charge in [0.1, 0.15) is 5.01 Å². The standard InChI is InChI=1S/C13H13F3N2O3S/c1-8-11(5-6-21-18(19)20)22-12(17-8)9-3-2-4-10(7-9)13(14,15)16/h2-4,7,19-20H,5-6H2,1H3. The number of hydrogen-bond acceptors (Lipinski definition) is 6. The molecule has 0 aliphatic carbocycles. The van der Waals surface area contributed by atoms with Crippen LogP contribution in [0, 0.1) is 6.92 Å². The molecule has 0 amide bonds. The summed E-state index contributed by atoms with van der Waals surface area (Å²) >= 11 is 1.24. The lowest BCUT2D eigenvalue weighted by Gasteiger charge is -2.07. The summed E-state index contributed by atoms with van der Waals surface area (Å²) in [6, 6.07) is 4.97. The fraction of sp³-hybridized carbons (Fsp3) is 0.308. The van der Waals surface area contributed by atoms with Gasteiger partial charge in [-0.1, -0.05) is 12.1 Å². The normalized spacial score (nSPS) is 12.1. The first kappa shape index (κ1) is 16.8. The number of aryl methyl sites for hydroxylation is 1. The van der Waals surface area contributed by atoms with Gasteiger partial charge in [0.25, 0.3) is 0 Å². The van der Waals surface area contributed by atoms with Crippen molar-refractivity contribution in [1.29, 1.82) is 0 Å². The molecular weight excluding hydrogens is 321 g/mol. The Kier molecular flexibility index (Phi) is 5.14. The summed E-state index contributed by atoms with van der Waals surface area (Å²) in [7, 11) is 0. The third kappa shape index (κ3) is 4.24. The van der Waals surface area contributed by atoms with Crippen molar-refractivity contribution < 1.29 is 28.4 Å². The van der Waals surface area contributed by atoms with E-state index in [0.29, 0.717) is 22.7 Å². The van der Waals surface area contributed by atoms with E-state index in [1.165, 1.54) is 17.4 Å². The average molecular weight is 334 g/mol. The summed E-state index contributed by atoms with van der Waals surface area (Å²) < 4.78 is 38.2. The van der Waals surface area contributed by atoms with E-state index in [0.717, 1.165) is 17.0 Å². The summed E-state index contributed by atoms with van der Waals surface area (Å²) in [6.45, 7) is 1.75. The van der Waals surface area contributed by atoms with Crippen LogP contribution in [0.25, 0.3) is 10.6 Å². The molecule has 0 fully saturated rings. The number of halogens is 3. The minimum Gasteiger partial charge on any atom is -0.266 e. The SMILES string of the molecule is Cc1nc(-c2cccc(C(F)(F)F)c2)sc1CCON(O)O. The monoisotopic (exact) mass is 334 g/mol. The predicted octanol–water partition coefficient (Wildman–Crippen LogP) is 3.69. The molecule has 0 radical (unpaired) electrons. The molecule has 0 unspecified atom stereocenters. The zero-order chi connectivity index (χ0) is 16.3. The van der Waals surface area contributed by atoms with Crippen molar-refractivity contribution in [3.63, 3.8) is 0 Å². The van der Waals surface area contributed by atoms with Crippen molar-refractivity contribution in [3.05, 3.63) is 40.4 Å². The zero-order valence-corrected chi connectivity index (χ0v) is 12.3. The molecule has 0 aliphatic rings. The van der Waals surface area contributed by atoms with E-state index in [1.807, 2.05) is 0 Å². The fourth-order valence-corrected chi connectivity index (χ4v) is 2.87. The molecule has 5 nitrogen and oxygen atoms in total. The second kappa shape index (κ2) is 6.71. The second-order valence-corrected chi connectivity index (χ2v) is 5.53. The molecule has 0 bridgehead atoms. The number of benzene rings is 1. The molecular formula is C13H13F3N2O3S. The Morgan fingerprint density at radius 3 is 2.68 bits per heavy atom. The third-order valence-electron chi connectivity index (χ3n) is 2.87. The van der Waals surface area contributed by atoms with Crippen LogP contribution in [0.3, 0.4) is 0 Å². The van der Waals surface area contributed by atoms with Crippen LogP contribution in [0.5, 0.6) is 0 Å². The molecule has 0 spiro atoms. The molecule has 0 saturated carbocycles. The number of nitrogens with zero attached hydrogens (tertiary/aromatic N) is 2. The van der Waals surface area contributed by atoms with Gasteiger partial charge in [0, 0.05) is 16.9 Å². The highest BCUT2D eigenvalue weighted by Gasteiger charge is 2.30. The molecule has 2 N–H and O–H groups in total. The van der Waals surface area contributed by atoms with E-state index >= 15 is 0 Å². The van der Waals surface area contributed by atoms with Crippen LogP contribution in [-0.4, -0.2) is 27.4 Å². The van der Waals surface area contributed by atoms with E-state index in [-0.39, 0.29) is 12.0 Å². The predicted molar refractivity (Wildman–Crippen MR) is 72.4 cm³/mol. The van der Waals surface area contributed by atoms with Gasteiger partial charge in [0.05, 0.1) is 23.3 Å². The lowest BCUT2D eigenvalue weighted by molar-refractivity contribution is -0.492. The summed E-state index contributed by atoms with van der Waals surface area (Å²) in [6.07, 6.45) is -4.04. The van der Waals surface area contributed by atoms with Crippen LogP contribution in [0.1, 0.15) is 16.1 Å². The van der Waals surface area contributed by atoms with Crippen molar-refractivity contribution in [3.8, 4) is 10.6 Å². The lowest BCUT2D eigenvalue weighted by Crippen LogP contribution is -2.16. The molecule has 22 heavy (non-hydrogen) atoms. The van der Waals surface area contributed by atoms with Crippen molar-refractivity contribution in [1.82, 2.24) is 10.4 Å². The summed E-state index contributed by atoms with van der Waals surface area (Å²) in [4.78, 5) is 9.51. The second-order valence-electron chi connectivity index (χ2n) is 4.44. The minimum atomic E-state index is -4.40. The minimum absolute atomic E-state index is 0.0120. The zero-order valence-electron chi connectivity index (χ0n) is 11.5. The highest BCUT2D eigenvalue weighted by molar-refractivity contribution is 7.15. The van der Waals surface area contributed by atoms with Gasteiger partial charge in [-0.3, -0.25) is 15.3 Å². The van der Waals surface area contributed by atoms with E-state index < -0.39 is 11.7 Å². The van der Waals surface area contributed by atoms with Crippen LogP contribution in [0.2, 0.25) is 0 Å². The fourth-order valence-electron chi connectivity index (χ4n) is 1.83. The maximum absolute atomic E-state index is 12.7. The average Bonchev–Trinajstić information content (AvgIpc) is 2.79. The van der Waals surface area contributed by atoms with E-state index in [9.17, 15) is 13.2 Å². The van der Waals surface area contributed by atoms with Crippen LogP contribution >= 0.6 is 11.3 Å². The molecule has 1 heterocycles. The molecule has 0 saturated heterocycles. The van der Waals surface area contributed by atoms with Crippen molar-refractivity contribution >= 4 is 11.3 Å². The van der Waals surface area contributed by atoms with Crippen LogP contribution in [0.4, 0.5) is 13.2 Å². The molecule has 1 aromatic carbocycles. The molecule has 0 aliphatic heterocycles. The number of aromatic nitrogens is 1. The Morgan fingerprint density at radius 2 is 2.05 bits per heavy atom. The molecule has 120 valence electrons. The van der Waals surface area contributed by atoms with Gasteiger partial charge < -0.3 is 0 Å². The van der Waals surface area contributed by atoms with Gasteiger partial charge in [0.2, 0.25) is 0 Å². The van der Waals surface area contributed by atoms with Gasteiger partial charge in [-0.2, -0.15) is 13.2 Å². The highest BCUT2D eigenvalue weighted by Crippen LogP contribution is 2.34. The van der Waals surface area contributed by atoms with Gasteiger partial charge in [0.15, 0.2) is 0 Å². The Labute approximate surface area is 128 Å². The summed E-state index contributed by atoms with van der Waals surface area (Å²) in [5, 5.41) is 17.0. The highest BCUT2D eigenvalue weighted by atomic mass is 32.1. The summed E-state index contributed by atoms with van der Waals surface area (Å²) in [5.41, 5.74) is 0.336. The first-order chi connectivity index (χ1) is 10.3. The Hall–Kier alpha value is -1.52. The van der Waals surface area contributed by atoms with Crippen molar-refractivity contribution in [2.45, 2.75) is 19.5 Å². The first-order valence-electron chi connectivity index (χ1n) is 6.22. The molecule has 0 atom stereocenters. The van der Waals surface area contributed by atoms with E-state index in [4.69, 9.17) is 10.4 Å². The summed E-state index contributed by atoms with van der Waals surface area (Å²) in [5.74, 6) is 0. The number of thiazole rings is 1. The Morgan fingerprint density at radius 1 is 1.32 bits per heavy atom. The first-order valence-corrected chi connectivity index (χ1v) is 7.04. The smallest absolute Gasteiger partial charge is 0.266 e. The van der Waals surface area contributed by atoms with Crippen molar-refractivity contribution in [2.75, 3.05) is 6.61 Å². The molecule has 9 heteroatoms. The van der Waals surface area contributed by atoms with Gasteiger partial charge in [-0.25, -0.2) is 4.98 Å². The number of hydrogen-bond donors (Lipinski definition) is 2. The van der Waals surface area contributed by atoms with Crippen LogP contribution in [0.15, 0.2) is 24.3 Å². The van der Waals surface area contributed by atoms with Crippen molar-refractivity contribution in [2.24, 2.45) is 0 Å².